The van der Waals surface area contributed by atoms with E-state index in [2.05, 4.69) is 15.9 Å². The van der Waals surface area contributed by atoms with Gasteiger partial charge < -0.3 is 10.5 Å². The first-order valence-corrected chi connectivity index (χ1v) is 3.74. The molecule has 2 nitrogen and oxygen atoms in total. The van der Waals surface area contributed by atoms with Gasteiger partial charge in [0.1, 0.15) is 0 Å². The van der Waals surface area contributed by atoms with E-state index in [0.717, 1.165) is 11.8 Å². The van der Waals surface area contributed by atoms with E-state index in [1.54, 1.807) is 7.11 Å². The highest BCUT2D eigenvalue weighted by atomic mass is 79.9. The van der Waals surface area contributed by atoms with E-state index < -0.39 is 0 Å². The lowest BCUT2D eigenvalue weighted by Gasteiger charge is -2.05. The third kappa shape index (κ3) is 4.56. The van der Waals surface area contributed by atoms with Gasteiger partial charge in [0.2, 0.25) is 0 Å². The molecule has 8 heavy (non-hydrogen) atoms. The van der Waals surface area contributed by atoms with E-state index in [-0.39, 0.29) is 6.04 Å². The molecule has 0 aromatic heterocycles. The second kappa shape index (κ2) is 5.54. The van der Waals surface area contributed by atoms with Crippen molar-refractivity contribution in [1.82, 2.24) is 0 Å². The van der Waals surface area contributed by atoms with Crippen LogP contribution >= 0.6 is 15.9 Å². The quantitative estimate of drug-likeness (QED) is 0.651. The maximum absolute atomic E-state index is 5.54. The van der Waals surface area contributed by atoms with Crippen molar-refractivity contribution in [3.63, 3.8) is 0 Å². The number of hydrogen-bond donors (Lipinski definition) is 1. The van der Waals surface area contributed by atoms with Crippen LogP contribution in [0.3, 0.4) is 0 Å². The number of ether oxygens (including phenoxy) is 1. The Balaban J connectivity index is 2.92. The van der Waals surface area contributed by atoms with Gasteiger partial charge in [0.25, 0.3) is 0 Å². The number of hydrogen-bond acceptors (Lipinski definition) is 2. The Bertz CT molecular complexity index is 45.7. The molecule has 0 aliphatic heterocycles. The molecule has 0 fully saturated rings. The van der Waals surface area contributed by atoms with E-state index in [0.29, 0.717) is 6.61 Å². The van der Waals surface area contributed by atoms with Crippen LogP contribution in [-0.4, -0.2) is 25.1 Å². The summed E-state index contributed by atoms with van der Waals surface area (Å²) in [5.74, 6) is 0. The number of methoxy groups -OCH3 is 1. The zero-order chi connectivity index (χ0) is 6.41. The van der Waals surface area contributed by atoms with Gasteiger partial charge in [0, 0.05) is 18.5 Å². The first-order chi connectivity index (χ1) is 3.81. The van der Waals surface area contributed by atoms with Gasteiger partial charge in [0.05, 0.1) is 6.61 Å². The van der Waals surface area contributed by atoms with Gasteiger partial charge in [-0.1, -0.05) is 15.9 Å². The largest absolute Gasteiger partial charge is 0.383 e. The first-order valence-electron chi connectivity index (χ1n) is 2.61. The lowest BCUT2D eigenvalue weighted by atomic mass is 10.3. The van der Waals surface area contributed by atoms with E-state index in [9.17, 15) is 0 Å². The number of halogens is 1. The molecule has 0 saturated heterocycles. The molecule has 1 atom stereocenters. The molecule has 0 saturated carbocycles. The van der Waals surface area contributed by atoms with Crippen LogP contribution in [0.15, 0.2) is 0 Å². The molecule has 0 spiro atoms. The number of nitrogens with two attached hydrogens (primary N) is 1. The highest BCUT2D eigenvalue weighted by Crippen LogP contribution is 1.92. The highest BCUT2D eigenvalue weighted by Gasteiger charge is 1.97. The third-order valence-corrected chi connectivity index (χ3v) is 1.32. The molecule has 0 heterocycles. The molecule has 0 rings (SSSR count). The first kappa shape index (κ1) is 8.40. The lowest BCUT2D eigenvalue weighted by molar-refractivity contribution is 0.179. The zero-order valence-electron chi connectivity index (χ0n) is 5.06. The summed E-state index contributed by atoms with van der Waals surface area (Å²) in [6, 6.07) is 0.194. The zero-order valence-corrected chi connectivity index (χ0v) is 6.65. The summed E-state index contributed by atoms with van der Waals surface area (Å²) in [5.41, 5.74) is 5.54. The van der Waals surface area contributed by atoms with Crippen molar-refractivity contribution < 1.29 is 4.74 Å². The molecule has 0 aromatic rings. The molecule has 0 amide bonds. The fourth-order valence-electron chi connectivity index (χ4n) is 0.438. The Morgan fingerprint density at radius 3 is 2.75 bits per heavy atom. The SMILES string of the molecule is COCC(N)CCBr. The predicted octanol–water partition coefficient (Wildman–Crippen LogP) is 0.745. The average Bonchev–Trinajstić information content (AvgIpc) is 1.68. The fourth-order valence-corrected chi connectivity index (χ4v) is 1.03. The minimum Gasteiger partial charge on any atom is -0.383 e. The monoisotopic (exact) mass is 181 g/mol. The summed E-state index contributed by atoms with van der Waals surface area (Å²) in [4.78, 5) is 0. The summed E-state index contributed by atoms with van der Waals surface area (Å²) in [7, 11) is 1.66. The smallest absolute Gasteiger partial charge is 0.0614 e. The summed E-state index contributed by atoms with van der Waals surface area (Å²) in [6.45, 7) is 0.658. The van der Waals surface area contributed by atoms with Crippen LogP contribution in [0.1, 0.15) is 6.42 Å². The molecule has 0 aromatic carbocycles. The Morgan fingerprint density at radius 2 is 2.38 bits per heavy atom. The van der Waals surface area contributed by atoms with Gasteiger partial charge in [-0.15, -0.1) is 0 Å². The van der Waals surface area contributed by atoms with Crippen LogP contribution in [0, 0.1) is 0 Å². The molecule has 3 heteroatoms. The topological polar surface area (TPSA) is 35.2 Å². The number of rotatable bonds is 4. The van der Waals surface area contributed by atoms with Gasteiger partial charge >= 0.3 is 0 Å². The van der Waals surface area contributed by atoms with Crippen molar-refractivity contribution in [2.24, 2.45) is 5.73 Å². The fraction of sp³-hybridized carbons (Fsp3) is 1.00. The van der Waals surface area contributed by atoms with Crippen LogP contribution in [0.2, 0.25) is 0 Å². The molecule has 0 aliphatic rings. The molecular weight excluding hydrogens is 170 g/mol. The van der Waals surface area contributed by atoms with E-state index >= 15 is 0 Å². The van der Waals surface area contributed by atoms with Gasteiger partial charge in [-0.2, -0.15) is 0 Å². The molecule has 0 aliphatic carbocycles. The summed E-state index contributed by atoms with van der Waals surface area (Å²) >= 11 is 3.28. The van der Waals surface area contributed by atoms with Crippen LogP contribution in [0.5, 0.6) is 0 Å². The molecule has 50 valence electrons. The van der Waals surface area contributed by atoms with E-state index in [1.807, 2.05) is 0 Å². The Kier molecular flexibility index (Phi) is 5.81. The van der Waals surface area contributed by atoms with Crippen LogP contribution < -0.4 is 5.73 Å². The van der Waals surface area contributed by atoms with Crippen molar-refractivity contribution in [2.45, 2.75) is 12.5 Å². The van der Waals surface area contributed by atoms with Crippen molar-refractivity contribution >= 4 is 15.9 Å². The predicted molar refractivity (Wildman–Crippen MR) is 38.3 cm³/mol. The average molecular weight is 182 g/mol. The lowest BCUT2D eigenvalue weighted by Crippen LogP contribution is -2.25. The second-order valence-corrected chi connectivity index (χ2v) is 2.49. The van der Waals surface area contributed by atoms with Crippen LogP contribution in [0.4, 0.5) is 0 Å². The normalized spacial score (nSPS) is 13.9. The second-order valence-electron chi connectivity index (χ2n) is 1.69. The molecule has 0 radical (unpaired) electrons. The Hall–Kier alpha value is 0.400. The van der Waals surface area contributed by atoms with Crippen LogP contribution in [-0.2, 0) is 4.74 Å². The minimum absolute atomic E-state index is 0.194. The van der Waals surface area contributed by atoms with Gasteiger partial charge in [-0.25, -0.2) is 0 Å². The van der Waals surface area contributed by atoms with E-state index in [4.69, 9.17) is 10.5 Å². The van der Waals surface area contributed by atoms with Gasteiger partial charge in [-0.3, -0.25) is 0 Å². The van der Waals surface area contributed by atoms with Crippen LogP contribution in [0.25, 0.3) is 0 Å². The maximum atomic E-state index is 5.54. The minimum atomic E-state index is 0.194. The molecular formula is C5H12BrNO. The Labute approximate surface area is 58.5 Å². The summed E-state index contributed by atoms with van der Waals surface area (Å²) in [6.07, 6.45) is 0.980. The summed E-state index contributed by atoms with van der Waals surface area (Å²) in [5, 5.41) is 0.956. The van der Waals surface area contributed by atoms with Crippen molar-refractivity contribution in [3.05, 3.63) is 0 Å². The van der Waals surface area contributed by atoms with Crippen molar-refractivity contribution in [2.75, 3.05) is 19.0 Å². The standard InChI is InChI=1S/C5H12BrNO/c1-8-4-5(7)2-3-6/h5H,2-4,7H2,1H3. The summed E-state index contributed by atoms with van der Waals surface area (Å²) < 4.78 is 4.81. The van der Waals surface area contributed by atoms with Gasteiger partial charge in [0.15, 0.2) is 0 Å². The van der Waals surface area contributed by atoms with Crippen molar-refractivity contribution in [1.29, 1.82) is 0 Å². The molecule has 0 bridgehead atoms. The number of alkyl halides is 1. The molecule has 2 N–H and O–H groups in total. The highest BCUT2D eigenvalue weighted by molar-refractivity contribution is 9.09. The Morgan fingerprint density at radius 1 is 1.75 bits per heavy atom. The van der Waals surface area contributed by atoms with Crippen molar-refractivity contribution in [3.8, 4) is 0 Å². The molecule has 1 unspecified atom stereocenters. The van der Waals surface area contributed by atoms with Gasteiger partial charge in [-0.05, 0) is 6.42 Å². The maximum Gasteiger partial charge on any atom is 0.0614 e. The third-order valence-electron chi connectivity index (χ3n) is 0.861. The van der Waals surface area contributed by atoms with E-state index in [1.165, 1.54) is 0 Å².